The Kier molecular flexibility index (Phi) is 5.16. The fourth-order valence-corrected chi connectivity index (χ4v) is 2.28. The molecular weight excluding hydrogens is 254 g/mol. The van der Waals surface area contributed by atoms with Gasteiger partial charge in [-0.2, -0.15) is 0 Å². The summed E-state index contributed by atoms with van der Waals surface area (Å²) in [7, 11) is 1.38. The summed E-state index contributed by atoms with van der Waals surface area (Å²) >= 11 is 0. The lowest BCUT2D eigenvalue weighted by Crippen LogP contribution is -2.03. The number of ether oxygens (including phenoxy) is 1. The van der Waals surface area contributed by atoms with Crippen molar-refractivity contribution in [1.29, 1.82) is 0 Å². The van der Waals surface area contributed by atoms with E-state index in [1.54, 1.807) is 12.1 Å². The number of carbonyl (C=O) groups excluding carboxylic acids is 1. The highest BCUT2D eigenvalue weighted by Crippen LogP contribution is 2.29. The van der Waals surface area contributed by atoms with Crippen LogP contribution >= 0.6 is 0 Å². The first-order valence-corrected chi connectivity index (χ1v) is 7.14. The molecular formula is C16H21NO3. The van der Waals surface area contributed by atoms with Gasteiger partial charge in [-0.3, -0.25) is 0 Å². The van der Waals surface area contributed by atoms with Crippen LogP contribution in [-0.4, -0.2) is 18.8 Å². The molecule has 0 bridgehead atoms. The Bertz CT molecular complexity index is 479. The van der Waals surface area contributed by atoms with Gasteiger partial charge in [0.2, 0.25) is 0 Å². The summed E-state index contributed by atoms with van der Waals surface area (Å²) in [5, 5.41) is 4.16. The predicted octanol–water partition coefficient (Wildman–Crippen LogP) is 3.87. The monoisotopic (exact) mass is 275 g/mol. The molecule has 20 heavy (non-hydrogen) atoms. The van der Waals surface area contributed by atoms with Gasteiger partial charge in [-0.05, 0) is 30.5 Å². The van der Waals surface area contributed by atoms with Crippen LogP contribution in [0.15, 0.2) is 29.4 Å². The van der Waals surface area contributed by atoms with E-state index >= 15 is 0 Å². The van der Waals surface area contributed by atoms with Gasteiger partial charge in [0, 0.05) is 6.42 Å². The molecule has 2 rings (SSSR count). The maximum Gasteiger partial charge on any atom is 0.337 e. The van der Waals surface area contributed by atoms with Crippen molar-refractivity contribution < 1.29 is 14.4 Å². The summed E-state index contributed by atoms with van der Waals surface area (Å²) in [6.45, 7) is 2.19. The average Bonchev–Trinajstić information content (AvgIpc) is 2.96. The van der Waals surface area contributed by atoms with Gasteiger partial charge in [0.1, 0.15) is 0 Å². The fourth-order valence-electron chi connectivity index (χ4n) is 2.28. The fraction of sp³-hybridized carbons (Fsp3) is 0.500. The van der Waals surface area contributed by atoms with Crippen LogP contribution in [0.4, 0.5) is 0 Å². The van der Waals surface area contributed by atoms with Crippen molar-refractivity contribution in [3.8, 4) is 0 Å². The second-order valence-electron chi connectivity index (χ2n) is 5.03. The molecule has 1 unspecified atom stereocenters. The van der Waals surface area contributed by atoms with Crippen molar-refractivity contribution in [3.63, 3.8) is 0 Å². The molecule has 4 nitrogen and oxygen atoms in total. The van der Waals surface area contributed by atoms with E-state index < -0.39 is 0 Å². The number of methoxy groups -OCH3 is 1. The van der Waals surface area contributed by atoms with E-state index in [-0.39, 0.29) is 12.1 Å². The van der Waals surface area contributed by atoms with Gasteiger partial charge >= 0.3 is 5.97 Å². The number of unbranched alkanes of at least 4 members (excludes halogenated alkanes) is 2. The first-order valence-electron chi connectivity index (χ1n) is 7.14. The smallest absolute Gasteiger partial charge is 0.337 e. The molecule has 0 aliphatic carbocycles. The zero-order chi connectivity index (χ0) is 14.4. The molecule has 0 fully saturated rings. The third-order valence-corrected chi connectivity index (χ3v) is 3.50. The summed E-state index contributed by atoms with van der Waals surface area (Å²) in [5.74, 6) is -0.319. The van der Waals surface area contributed by atoms with E-state index in [9.17, 15) is 4.79 Å². The van der Waals surface area contributed by atoms with Crippen molar-refractivity contribution >= 4 is 11.7 Å². The Morgan fingerprint density at radius 1 is 1.35 bits per heavy atom. The van der Waals surface area contributed by atoms with E-state index in [4.69, 9.17) is 4.84 Å². The SMILES string of the molecule is CCCCCC1=NOC(c2ccc(C(=O)OC)cc2)C1. The third kappa shape index (κ3) is 3.59. The Morgan fingerprint density at radius 3 is 2.75 bits per heavy atom. The molecule has 1 aromatic rings. The lowest BCUT2D eigenvalue weighted by Gasteiger charge is -2.09. The minimum atomic E-state index is -0.319. The van der Waals surface area contributed by atoms with Crippen LogP contribution in [0.1, 0.15) is 61.1 Å². The van der Waals surface area contributed by atoms with Crippen molar-refractivity contribution in [2.45, 2.75) is 45.1 Å². The molecule has 0 radical (unpaired) electrons. The number of esters is 1. The Balaban J connectivity index is 1.89. The number of benzene rings is 1. The van der Waals surface area contributed by atoms with Gasteiger partial charge in [0.05, 0.1) is 18.4 Å². The van der Waals surface area contributed by atoms with Gasteiger partial charge in [-0.1, -0.05) is 37.1 Å². The highest BCUT2D eigenvalue weighted by atomic mass is 16.6. The molecule has 1 aliphatic heterocycles. The van der Waals surface area contributed by atoms with E-state index in [0.29, 0.717) is 5.56 Å². The summed E-state index contributed by atoms with van der Waals surface area (Å²) in [5.41, 5.74) is 2.74. The molecule has 0 N–H and O–H groups in total. The zero-order valence-corrected chi connectivity index (χ0v) is 12.1. The van der Waals surface area contributed by atoms with Crippen molar-refractivity contribution in [1.82, 2.24) is 0 Å². The van der Waals surface area contributed by atoms with E-state index in [1.165, 1.54) is 26.4 Å². The van der Waals surface area contributed by atoms with E-state index in [1.807, 2.05) is 12.1 Å². The number of rotatable bonds is 6. The second-order valence-corrected chi connectivity index (χ2v) is 5.03. The van der Waals surface area contributed by atoms with Gasteiger partial charge < -0.3 is 9.57 Å². The highest BCUT2D eigenvalue weighted by Gasteiger charge is 2.22. The van der Waals surface area contributed by atoms with Gasteiger partial charge in [-0.25, -0.2) is 4.79 Å². The summed E-state index contributed by atoms with van der Waals surface area (Å²) < 4.78 is 4.68. The first-order chi connectivity index (χ1) is 9.74. The molecule has 1 aliphatic rings. The Labute approximate surface area is 119 Å². The number of hydrogen-bond donors (Lipinski definition) is 0. The molecule has 0 spiro atoms. The molecule has 108 valence electrons. The minimum Gasteiger partial charge on any atom is -0.465 e. The highest BCUT2D eigenvalue weighted by molar-refractivity contribution is 5.89. The van der Waals surface area contributed by atoms with Crippen LogP contribution in [-0.2, 0) is 9.57 Å². The zero-order valence-electron chi connectivity index (χ0n) is 12.1. The lowest BCUT2D eigenvalue weighted by atomic mass is 10.0. The maximum absolute atomic E-state index is 11.4. The topological polar surface area (TPSA) is 47.9 Å². The second kappa shape index (κ2) is 7.08. The van der Waals surface area contributed by atoms with E-state index in [0.717, 1.165) is 24.1 Å². The number of carbonyl (C=O) groups is 1. The van der Waals surface area contributed by atoms with Crippen LogP contribution in [0.2, 0.25) is 0 Å². The van der Waals surface area contributed by atoms with Crippen LogP contribution in [0.3, 0.4) is 0 Å². The van der Waals surface area contributed by atoms with Crippen molar-refractivity contribution in [2.75, 3.05) is 7.11 Å². The lowest BCUT2D eigenvalue weighted by molar-refractivity contribution is 0.0600. The standard InChI is InChI=1S/C16H21NO3/c1-3-4-5-6-14-11-15(20-17-14)12-7-9-13(10-8-12)16(18)19-2/h7-10,15H,3-6,11H2,1-2H3. The average molecular weight is 275 g/mol. The van der Waals surface area contributed by atoms with Crippen LogP contribution < -0.4 is 0 Å². The maximum atomic E-state index is 11.4. The minimum absolute atomic E-state index is 0.0154. The molecule has 0 saturated heterocycles. The third-order valence-electron chi connectivity index (χ3n) is 3.50. The predicted molar refractivity (Wildman–Crippen MR) is 77.8 cm³/mol. The van der Waals surface area contributed by atoms with Crippen LogP contribution in [0, 0.1) is 0 Å². The normalized spacial score (nSPS) is 17.5. The summed E-state index contributed by atoms with van der Waals surface area (Å²) in [6, 6.07) is 7.34. The summed E-state index contributed by atoms with van der Waals surface area (Å²) in [6.07, 6.45) is 5.47. The molecule has 1 atom stereocenters. The largest absolute Gasteiger partial charge is 0.465 e. The molecule has 0 aromatic heterocycles. The molecule has 1 heterocycles. The quantitative estimate of drug-likeness (QED) is 0.585. The van der Waals surface area contributed by atoms with Gasteiger partial charge in [-0.15, -0.1) is 0 Å². The van der Waals surface area contributed by atoms with Gasteiger partial charge in [0.15, 0.2) is 6.10 Å². The van der Waals surface area contributed by atoms with Crippen molar-refractivity contribution in [2.24, 2.45) is 5.16 Å². The molecule has 4 heteroatoms. The number of oxime groups is 1. The summed E-state index contributed by atoms with van der Waals surface area (Å²) in [4.78, 5) is 16.8. The van der Waals surface area contributed by atoms with E-state index in [2.05, 4.69) is 16.8 Å². The number of nitrogens with zero attached hydrogens (tertiary/aromatic N) is 1. The van der Waals surface area contributed by atoms with Crippen LogP contribution in [0.5, 0.6) is 0 Å². The Hall–Kier alpha value is -1.84. The molecule has 0 amide bonds. The number of hydrogen-bond acceptors (Lipinski definition) is 4. The molecule has 1 aromatic carbocycles. The Morgan fingerprint density at radius 2 is 2.10 bits per heavy atom. The van der Waals surface area contributed by atoms with Gasteiger partial charge in [0.25, 0.3) is 0 Å². The first kappa shape index (κ1) is 14.6. The van der Waals surface area contributed by atoms with Crippen LogP contribution in [0.25, 0.3) is 0 Å². The van der Waals surface area contributed by atoms with Crippen molar-refractivity contribution in [3.05, 3.63) is 35.4 Å². The molecule has 0 saturated carbocycles.